The smallest absolute Gasteiger partial charge is 0.261 e. The first-order valence-electron chi connectivity index (χ1n) is 5.82. The lowest BCUT2D eigenvalue weighted by Crippen LogP contribution is -2.25. The van der Waals surface area contributed by atoms with Crippen molar-refractivity contribution >= 4 is 22.5 Å². The van der Waals surface area contributed by atoms with Crippen molar-refractivity contribution in [3.8, 4) is 0 Å². The summed E-state index contributed by atoms with van der Waals surface area (Å²) in [4.78, 5) is 16.8. The van der Waals surface area contributed by atoms with Crippen LogP contribution in [0.3, 0.4) is 0 Å². The van der Waals surface area contributed by atoms with Gasteiger partial charge in [0.25, 0.3) is 5.56 Å². The fourth-order valence-corrected chi connectivity index (χ4v) is 2.05. The van der Waals surface area contributed by atoms with E-state index < -0.39 is 0 Å². The van der Waals surface area contributed by atoms with Gasteiger partial charge in [-0.2, -0.15) is 0 Å². The second kappa shape index (κ2) is 5.32. The number of aromatic nitrogens is 2. The van der Waals surface area contributed by atoms with Crippen molar-refractivity contribution < 1.29 is 0 Å². The van der Waals surface area contributed by atoms with Gasteiger partial charge in [0.1, 0.15) is 5.82 Å². The fourth-order valence-electron chi connectivity index (χ4n) is 1.93. The molecule has 4 heteroatoms. The first kappa shape index (κ1) is 12.1. The van der Waals surface area contributed by atoms with E-state index in [2.05, 4.69) is 4.98 Å². The molecule has 0 atom stereocenters. The Bertz CT molecular complexity index is 577. The number of nitrogens with zero attached hydrogens (tertiary/aromatic N) is 2. The second-order valence-electron chi connectivity index (χ2n) is 3.90. The van der Waals surface area contributed by atoms with Crippen molar-refractivity contribution in [2.45, 2.75) is 26.3 Å². The molecule has 2 aromatic rings. The molecular formula is C13H15ClN2O. The number of rotatable bonds is 4. The Labute approximate surface area is 105 Å². The molecule has 1 aromatic carbocycles. The predicted molar refractivity (Wildman–Crippen MR) is 70.7 cm³/mol. The first-order chi connectivity index (χ1) is 8.27. The van der Waals surface area contributed by atoms with Crippen molar-refractivity contribution in [2.24, 2.45) is 0 Å². The Kier molecular flexibility index (Phi) is 3.79. The van der Waals surface area contributed by atoms with Crippen molar-refractivity contribution in [3.05, 3.63) is 40.4 Å². The number of benzene rings is 1. The number of hydrogen-bond donors (Lipinski definition) is 0. The molecular weight excluding hydrogens is 236 g/mol. The molecule has 0 saturated carbocycles. The van der Waals surface area contributed by atoms with E-state index in [0.29, 0.717) is 17.8 Å². The first-order valence-corrected chi connectivity index (χ1v) is 6.35. The van der Waals surface area contributed by atoms with Gasteiger partial charge in [-0.1, -0.05) is 19.1 Å². The Morgan fingerprint density at radius 3 is 2.82 bits per heavy atom. The SMILES string of the molecule is CCc1nc2ccccc2c(=O)n1CCCCl. The summed E-state index contributed by atoms with van der Waals surface area (Å²) < 4.78 is 1.74. The van der Waals surface area contributed by atoms with Crippen LogP contribution in [0.25, 0.3) is 10.9 Å². The largest absolute Gasteiger partial charge is 0.296 e. The molecule has 2 rings (SSSR count). The number of para-hydroxylation sites is 1. The molecule has 0 aliphatic carbocycles. The number of hydrogen-bond acceptors (Lipinski definition) is 2. The lowest BCUT2D eigenvalue weighted by Gasteiger charge is -2.11. The van der Waals surface area contributed by atoms with Crippen LogP contribution in [0.4, 0.5) is 0 Å². The highest BCUT2D eigenvalue weighted by molar-refractivity contribution is 6.17. The summed E-state index contributed by atoms with van der Waals surface area (Å²) in [6.07, 6.45) is 1.54. The second-order valence-corrected chi connectivity index (χ2v) is 4.28. The van der Waals surface area contributed by atoms with Crippen molar-refractivity contribution in [1.29, 1.82) is 0 Å². The Balaban J connectivity index is 2.63. The molecule has 0 saturated heterocycles. The topological polar surface area (TPSA) is 34.9 Å². The summed E-state index contributed by atoms with van der Waals surface area (Å²) in [5, 5.41) is 0.680. The summed E-state index contributed by atoms with van der Waals surface area (Å²) in [5.74, 6) is 1.39. The van der Waals surface area contributed by atoms with E-state index in [-0.39, 0.29) is 5.56 Å². The lowest BCUT2D eigenvalue weighted by atomic mass is 10.2. The molecule has 17 heavy (non-hydrogen) atoms. The lowest BCUT2D eigenvalue weighted by molar-refractivity contribution is 0.612. The third kappa shape index (κ3) is 2.34. The molecule has 0 N–H and O–H groups in total. The van der Waals surface area contributed by atoms with E-state index in [0.717, 1.165) is 24.2 Å². The van der Waals surface area contributed by atoms with Gasteiger partial charge in [-0.05, 0) is 18.6 Å². The Morgan fingerprint density at radius 1 is 1.35 bits per heavy atom. The molecule has 0 fully saturated rings. The van der Waals surface area contributed by atoms with Crippen LogP contribution in [0.5, 0.6) is 0 Å². The zero-order valence-corrected chi connectivity index (χ0v) is 10.6. The Morgan fingerprint density at radius 2 is 2.12 bits per heavy atom. The standard InChI is InChI=1S/C13H15ClN2O/c1-2-12-15-11-7-4-3-6-10(11)13(17)16(12)9-5-8-14/h3-4,6-7H,2,5,8-9H2,1H3. The van der Waals surface area contributed by atoms with Gasteiger partial charge in [-0.15, -0.1) is 11.6 Å². The molecule has 90 valence electrons. The van der Waals surface area contributed by atoms with Gasteiger partial charge in [0.05, 0.1) is 10.9 Å². The van der Waals surface area contributed by atoms with E-state index in [1.54, 1.807) is 4.57 Å². The van der Waals surface area contributed by atoms with Gasteiger partial charge < -0.3 is 0 Å². The minimum Gasteiger partial charge on any atom is -0.296 e. The van der Waals surface area contributed by atoms with Gasteiger partial charge in [0, 0.05) is 18.8 Å². The zero-order valence-electron chi connectivity index (χ0n) is 9.82. The summed E-state index contributed by atoms with van der Waals surface area (Å²) in [5.41, 5.74) is 0.814. The average molecular weight is 251 g/mol. The third-order valence-electron chi connectivity index (χ3n) is 2.77. The van der Waals surface area contributed by atoms with E-state index >= 15 is 0 Å². The fraction of sp³-hybridized carbons (Fsp3) is 0.385. The minimum atomic E-state index is 0.0394. The van der Waals surface area contributed by atoms with Crippen molar-refractivity contribution in [2.75, 3.05) is 5.88 Å². The molecule has 0 aliphatic rings. The molecule has 0 radical (unpaired) electrons. The van der Waals surface area contributed by atoms with Crippen molar-refractivity contribution in [3.63, 3.8) is 0 Å². The highest BCUT2D eigenvalue weighted by atomic mass is 35.5. The number of aryl methyl sites for hydroxylation is 1. The number of halogens is 1. The zero-order chi connectivity index (χ0) is 12.3. The van der Waals surface area contributed by atoms with Gasteiger partial charge in [-0.25, -0.2) is 4.98 Å². The molecule has 1 heterocycles. The van der Waals surface area contributed by atoms with Crippen LogP contribution in [-0.2, 0) is 13.0 Å². The molecule has 0 spiro atoms. The van der Waals surface area contributed by atoms with E-state index in [9.17, 15) is 4.79 Å². The van der Waals surface area contributed by atoms with Gasteiger partial charge in [-0.3, -0.25) is 9.36 Å². The van der Waals surface area contributed by atoms with E-state index in [4.69, 9.17) is 11.6 Å². The van der Waals surface area contributed by atoms with E-state index in [1.807, 2.05) is 31.2 Å². The summed E-state index contributed by atoms with van der Waals surface area (Å²) >= 11 is 5.68. The van der Waals surface area contributed by atoms with Crippen LogP contribution in [0.2, 0.25) is 0 Å². The maximum absolute atomic E-state index is 12.3. The molecule has 0 aliphatic heterocycles. The maximum atomic E-state index is 12.3. The van der Waals surface area contributed by atoms with Crippen molar-refractivity contribution in [1.82, 2.24) is 9.55 Å². The quantitative estimate of drug-likeness (QED) is 0.782. The summed E-state index contributed by atoms with van der Waals surface area (Å²) in [6, 6.07) is 7.46. The van der Waals surface area contributed by atoms with Gasteiger partial charge in [0.2, 0.25) is 0 Å². The van der Waals surface area contributed by atoms with E-state index in [1.165, 1.54) is 0 Å². The molecule has 0 unspecified atom stereocenters. The van der Waals surface area contributed by atoms with Crippen LogP contribution >= 0.6 is 11.6 Å². The molecule has 0 amide bonds. The van der Waals surface area contributed by atoms with Gasteiger partial charge in [0.15, 0.2) is 0 Å². The third-order valence-corrected chi connectivity index (χ3v) is 3.04. The predicted octanol–water partition coefficient (Wildman–Crippen LogP) is 2.59. The van der Waals surface area contributed by atoms with Crippen LogP contribution in [-0.4, -0.2) is 15.4 Å². The number of fused-ring (bicyclic) bond motifs is 1. The monoisotopic (exact) mass is 250 g/mol. The van der Waals surface area contributed by atoms with Crippen LogP contribution in [0.1, 0.15) is 19.2 Å². The number of alkyl halides is 1. The summed E-state index contributed by atoms with van der Waals surface area (Å²) in [6.45, 7) is 2.65. The maximum Gasteiger partial charge on any atom is 0.261 e. The highest BCUT2D eigenvalue weighted by Gasteiger charge is 2.08. The van der Waals surface area contributed by atoms with Crippen LogP contribution < -0.4 is 5.56 Å². The Hall–Kier alpha value is -1.35. The normalized spacial score (nSPS) is 10.9. The van der Waals surface area contributed by atoms with Crippen LogP contribution in [0, 0.1) is 0 Å². The molecule has 3 nitrogen and oxygen atoms in total. The van der Waals surface area contributed by atoms with Crippen LogP contribution in [0.15, 0.2) is 29.1 Å². The average Bonchev–Trinajstić information content (AvgIpc) is 2.37. The highest BCUT2D eigenvalue weighted by Crippen LogP contribution is 2.08. The molecule has 0 bridgehead atoms. The van der Waals surface area contributed by atoms with Gasteiger partial charge >= 0.3 is 0 Å². The molecule has 1 aromatic heterocycles. The summed E-state index contributed by atoms with van der Waals surface area (Å²) in [7, 11) is 0. The minimum absolute atomic E-state index is 0.0394.